The maximum absolute atomic E-state index is 13.6. The first kappa shape index (κ1) is 35.5. The molecule has 266 valence electrons. The fourth-order valence-corrected chi connectivity index (χ4v) is 7.26. The number of piperidine rings is 1. The van der Waals surface area contributed by atoms with Crippen molar-refractivity contribution in [2.75, 3.05) is 39.8 Å². The average molecular weight is 713 g/mol. The minimum absolute atomic E-state index is 0.132. The Kier molecular flexibility index (Phi) is 10.9. The van der Waals surface area contributed by atoms with Crippen molar-refractivity contribution in [3.8, 4) is 0 Å². The van der Waals surface area contributed by atoms with E-state index in [4.69, 9.17) is 16.0 Å². The van der Waals surface area contributed by atoms with E-state index in [-0.39, 0.29) is 55.0 Å². The summed E-state index contributed by atoms with van der Waals surface area (Å²) in [5.41, 5.74) is 4.26. The van der Waals surface area contributed by atoms with Crippen LogP contribution in [0.5, 0.6) is 0 Å². The fourth-order valence-electron chi connectivity index (χ4n) is 7.09. The molecule has 3 unspecified atom stereocenters. The van der Waals surface area contributed by atoms with E-state index >= 15 is 0 Å². The van der Waals surface area contributed by atoms with E-state index in [2.05, 4.69) is 57.9 Å². The molecule has 2 aromatic heterocycles. The number of aryl methyl sites for hydroxylation is 1. The number of fused-ring (bicyclic) bond motifs is 3. The van der Waals surface area contributed by atoms with E-state index in [9.17, 15) is 24.0 Å². The number of nitrogens with one attached hydrogen (secondary N) is 4. The Morgan fingerprint density at radius 1 is 0.941 bits per heavy atom. The molecule has 3 atom stereocenters. The molecule has 4 amide bonds. The van der Waals surface area contributed by atoms with Gasteiger partial charge in [-0.25, -0.2) is 4.79 Å². The Hall–Kier alpha value is -5.36. The van der Waals surface area contributed by atoms with E-state index in [0.29, 0.717) is 41.3 Å². The second-order valence-electron chi connectivity index (χ2n) is 13.1. The van der Waals surface area contributed by atoms with Crippen molar-refractivity contribution >= 4 is 57.2 Å². The van der Waals surface area contributed by atoms with Crippen LogP contribution in [-0.2, 0) is 27.2 Å². The van der Waals surface area contributed by atoms with E-state index in [1.165, 1.54) is 25.5 Å². The molecule has 13 heteroatoms. The van der Waals surface area contributed by atoms with Gasteiger partial charge in [0.1, 0.15) is 0 Å². The summed E-state index contributed by atoms with van der Waals surface area (Å²) in [7, 11) is 1.49. The number of likely N-dealkylation sites (N-methyl/N-ethyl adjacent to an activating group) is 1. The number of benzene rings is 3. The molecule has 0 bridgehead atoms. The lowest BCUT2D eigenvalue weighted by molar-refractivity contribution is -0.139. The summed E-state index contributed by atoms with van der Waals surface area (Å²) in [6.45, 7) is 3.28. The zero-order valence-electron chi connectivity index (χ0n) is 28.5. The highest BCUT2D eigenvalue weighted by Crippen LogP contribution is 2.37. The highest BCUT2D eigenvalue weighted by Gasteiger charge is 2.47. The van der Waals surface area contributed by atoms with Crippen LogP contribution >= 0.6 is 11.6 Å². The first-order valence-electron chi connectivity index (χ1n) is 17.1. The summed E-state index contributed by atoms with van der Waals surface area (Å²) < 4.78 is 5.04. The fraction of sp³-hybridized carbons (Fsp3) is 0.342. The number of carbonyl (C=O) groups excluding carboxylic acids is 4. The van der Waals surface area contributed by atoms with Crippen LogP contribution in [0.2, 0.25) is 5.02 Å². The van der Waals surface area contributed by atoms with Gasteiger partial charge in [0.25, 0.3) is 5.91 Å². The number of H-pyrrole nitrogens is 2. The molecule has 3 aromatic carbocycles. The lowest BCUT2D eigenvalue weighted by atomic mass is 9.79. The number of nitrogens with zero attached hydrogens (tertiary/aromatic N) is 2. The average Bonchev–Trinajstić information content (AvgIpc) is 3.85. The molecule has 2 aliphatic rings. The highest BCUT2D eigenvalue weighted by atomic mass is 35.5. The number of aromatic amines is 2. The van der Waals surface area contributed by atoms with Crippen LogP contribution in [-0.4, -0.2) is 83.2 Å². The second kappa shape index (κ2) is 15.7. The molecule has 51 heavy (non-hydrogen) atoms. The normalized spacial score (nSPS) is 18.2. The molecule has 7 rings (SSSR count). The first-order valence-corrected chi connectivity index (χ1v) is 17.5. The number of carbonyl (C=O) groups is 4. The Bertz CT molecular complexity index is 2110. The molecule has 12 nitrogen and oxygen atoms in total. The van der Waals surface area contributed by atoms with Crippen LogP contribution in [0.25, 0.3) is 22.0 Å². The van der Waals surface area contributed by atoms with Crippen molar-refractivity contribution in [3.63, 3.8) is 0 Å². The van der Waals surface area contributed by atoms with Gasteiger partial charge < -0.3 is 29.8 Å². The SMILES string of the molecule is CCCc1ccccc1.CNC(=O)CNC(=O)C1CN(C(=O)Cc2c[nH]c3cc(Cl)ccc23)CC2CN(C(=O)c3ccc4oc(=O)[nH]c4c3)CC21. The molecule has 0 radical (unpaired) electrons. The Balaban J connectivity index is 0.000000435. The van der Waals surface area contributed by atoms with Gasteiger partial charge in [0, 0.05) is 60.9 Å². The van der Waals surface area contributed by atoms with Crippen molar-refractivity contribution in [2.24, 2.45) is 17.8 Å². The van der Waals surface area contributed by atoms with Crippen LogP contribution in [0, 0.1) is 17.8 Å². The number of likely N-dealkylation sites (tertiary alicyclic amines) is 2. The number of oxazole rings is 1. The monoisotopic (exact) mass is 712 g/mol. The van der Waals surface area contributed by atoms with Gasteiger partial charge in [-0.3, -0.25) is 24.2 Å². The zero-order chi connectivity index (χ0) is 36.1. The zero-order valence-corrected chi connectivity index (χ0v) is 29.3. The van der Waals surface area contributed by atoms with Crippen molar-refractivity contribution < 1.29 is 23.6 Å². The predicted molar refractivity (Wildman–Crippen MR) is 194 cm³/mol. The third-order valence-electron chi connectivity index (χ3n) is 9.68. The standard InChI is InChI=1S/C29H29ClN6O6.C9H12/c1-31-25(37)10-33-27(39)21-14-35(26(38)7-16-9-32-22-8-18(30)3-4-19(16)22)11-17-12-36(13-20(17)21)28(40)15-2-5-24-23(6-15)34-29(41)42-24;1-2-6-9-7-4-3-5-8-9/h2-6,8-9,17,20-21,32H,7,10-14H2,1H3,(H,31,37)(H,33,39)(H,34,41);3-5,7-8H,2,6H2,1H3. The smallest absolute Gasteiger partial charge is 0.408 e. The summed E-state index contributed by atoms with van der Waals surface area (Å²) in [6.07, 6.45) is 4.38. The lowest BCUT2D eigenvalue weighted by Crippen LogP contribution is -2.54. The van der Waals surface area contributed by atoms with Crippen LogP contribution in [0.4, 0.5) is 0 Å². The topological polar surface area (TPSA) is 161 Å². The largest absolute Gasteiger partial charge is 0.417 e. The second-order valence-corrected chi connectivity index (χ2v) is 13.5. The number of amides is 4. The Labute approximate surface area is 299 Å². The number of rotatable bonds is 8. The molecule has 0 aliphatic carbocycles. The summed E-state index contributed by atoms with van der Waals surface area (Å²) in [5, 5.41) is 6.67. The van der Waals surface area contributed by atoms with E-state index in [1.54, 1.807) is 46.3 Å². The minimum Gasteiger partial charge on any atom is -0.408 e. The summed E-state index contributed by atoms with van der Waals surface area (Å²) >= 11 is 6.10. The molecule has 0 saturated carbocycles. The van der Waals surface area contributed by atoms with Gasteiger partial charge in [0.05, 0.1) is 24.4 Å². The summed E-state index contributed by atoms with van der Waals surface area (Å²) in [6, 6.07) is 20.8. The van der Waals surface area contributed by atoms with Gasteiger partial charge in [-0.2, -0.15) is 0 Å². The van der Waals surface area contributed by atoms with Gasteiger partial charge in [0.2, 0.25) is 17.7 Å². The molecule has 2 fully saturated rings. The molecule has 5 aromatic rings. The van der Waals surface area contributed by atoms with Crippen LogP contribution in [0.15, 0.2) is 82.1 Å². The van der Waals surface area contributed by atoms with Gasteiger partial charge in [-0.05, 0) is 59.7 Å². The molecule has 0 spiro atoms. The third kappa shape index (κ3) is 8.18. The van der Waals surface area contributed by atoms with Crippen molar-refractivity contribution in [1.29, 1.82) is 0 Å². The molecular formula is C38H41ClN6O6. The van der Waals surface area contributed by atoms with Crippen molar-refractivity contribution in [2.45, 2.75) is 26.2 Å². The maximum atomic E-state index is 13.6. The molecule has 4 heterocycles. The minimum atomic E-state index is -0.607. The van der Waals surface area contributed by atoms with Crippen LogP contribution < -0.4 is 16.4 Å². The highest BCUT2D eigenvalue weighted by molar-refractivity contribution is 6.31. The molecule has 2 aliphatic heterocycles. The van der Waals surface area contributed by atoms with Crippen molar-refractivity contribution in [3.05, 3.63) is 105 Å². The summed E-state index contributed by atoms with van der Waals surface area (Å²) in [5.74, 6) is -2.59. The number of hydrogen-bond donors (Lipinski definition) is 4. The summed E-state index contributed by atoms with van der Waals surface area (Å²) in [4.78, 5) is 72.9. The Morgan fingerprint density at radius 3 is 2.49 bits per heavy atom. The third-order valence-corrected chi connectivity index (χ3v) is 9.91. The predicted octanol–water partition coefficient (Wildman–Crippen LogP) is 4.15. The van der Waals surface area contributed by atoms with Gasteiger partial charge in [0.15, 0.2) is 5.58 Å². The van der Waals surface area contributed by atoms with Crippen LogP contribution in [0.3, 0.4) is 0 Å². The van der Waals surface area contributed by atoms with E-state index < -0.39 is 11.7 Å². The van der Waals surface area contributed by atoms with Crippen molar-refractivity contribution in [1.82, 2.24) is 30.4 Å². The number of hydrogen-bond acceptors (Lipinski definition) is 6. The lowest BCUT2D eigenvalue weighted by Gasteiger charge is -2.39. The van der Waals surface area contributed by atoms with Crippen LogP contribution in [0.1, 0.15) is 34.8 Å². The van der Waals surface area contributed by atoms with E-state index in [0.717, 1.165) is 16.5 Å². The molecular weight excluding hydrogens is 672 g/mol. The van der Waals surface area contributed by atoms with Gasteiger partial charge in [-0.1, -0.05) is 61.3 Å². The quantitative estimate of drug-likeness (QED) is 0.189. The van der Waals surface area contributed by atoms with E-state index in [1.807, 2.05) is 6.07 Å². The molecule has 2 saturated heterocycles. The van der Waals surface area contributed by atoms with Gasteiger partial charge >= 0.3 is 5.76 Å². The first-order chi connectivity index (χ1) is 24.6. The number of aromatic nitrogens is 2. The Morgan fingerprint density at radius 2 is 1.73 bits per heavy atom. The molecule has 4 N–H and O–H groups in total. The van der Waals surface area contributed by atoms with Gasteiger partial charge in [-0.15, -0.1) is 0 Å². The number of halogens is 1. The maximum Gasteiger partial charge on any atom is 0.417 e.